The zero-order valence-corrected chi connectivity index (χ0v) is 8.04. The molecule has 0 aliphatic carbocycles. The minimum absolute atomic E-state index is 0.461. The van der Waals surface area contributed by atoms with Gasteiger partial charge in [0, 0.05) is 18.1 Å². The highest BCUT2D eigenvalue weighted by molar-refractivity contribution is 6.30. The highest BCUT2D eigenvalue weighted by Crippen LogP contribution is 2.14. The Morgan fingerprint density at radius 1 is 1.54 bits per heavy atom. The van der Waals surface area contributed by atoms with Gasteiger partial charge in [0.2, 0.25) is 0 Å². The molecule has 0 aliphatic rings. The molecule has 3 nitrogen and oxygen atoms in total. The molecule has 0 radical (unpaired) electrons. The Bertz CT molecular complexity index is 286. The number of hydroxylamine groups is 1. The lowest BCUT2D eigenvalue weighted by Crippen LogP contribution is -2.07. The number of nitriles is 1. The van der Waals surface area contributed by atoms with Crippen molar-refractivity contribution in [1.29, 1.82) is 5.26 Å². The molecular weight excluding hydrogens is 188 g/mol. The smallest absolute Gasteiger partial charge is 0.0462 e. The van der Waals surface area contributed by atoms with Crippen molar-refractivity contribution in [1.82, 2.24) is 5.48 Å². The van der Waals surface area contributed by atoms with E-state index in [4.69, 9.17) is 22.1 Å². The van der Waals surface area contributed by atoms with Crippen LogP contribution >= 0.6 is 11.6 Å². The summed E-state index contributed by atoms with van der Waals surface area (Å²) < 4.78 is 0. The van der Waals surface area contributed by atoms with E-state index < -0.39 is 0 Å². The second kappa shape index (κ2) is 6.44. The maximum absolute atomic E-state index is 8.43. The normalized spacial score (nSPS) is 8.69. The zero-order chi connectivity index (χ0) is 10.3. The van der Waals surface area contributed by atoms with Crippen LogP contribution < -0.4 is 5.48 Å². The summed E-state index contributed by atoms with van der Waals surface area (Å²) in [6.07, 6.45) is 0. The molecule has 0 saturated carbocycles. The quantitative estimate of drug-likeness (QED) is 0.717. The van der Waals surface area contributed by atoms with Gasteiger partial charge in [0.05, 0.1) is 0 Å². The van der Waals surface area contributed by atoms with E-state index >= 15 is 0 Å². The van der Waals surface area contributed by atoms with Gasteiger partial charge >= 0.3 is 0 Å². The van der Waals surface area contributed by atoms with Crippen molar-refractivity contribution in [2.75, 3.05) is 0 Å². The monoisotopic (exact) mass is 198 g/mol. The van der Waals surface area contributed by atoms with Crippen molar-refractivity contribution in [2.45, 2.75) is 13.5 Å². The SMILES string of the molecule is C#N.Cc1cc(Cl)ccc1CNO. The summed E-state index contributed by atoms with van der Waals surface area (Å²) in [6, 6.07) is 5.57. The molecule has 0 aromatic heterocycles. The van der Waals surface area contributed by atoms with E-state index in [0.717, 1.165) is 16.1 Å². The van der Waals surface area contributed by atoms with E-state index in [1.807, 2.05) is 19.1 Å². The van der Waals surface area contributed by atoms with Gasteiger partial charge in [-0.25, -0.2) is 10.7 Å². The fraction of sp³-hybridized carbons (Fsp3) is 0.222. The molecule has 2 N–H and O–H groups in total. The number of rotatable bonds is 2. The molecule has 4 heteroatoms. The first-order valence-electron chi connectivity index (χ1n) is 3.62. The summed E-state index contributed by atoms with van der Waals surface area (Å²) >= 11 is 5.73. The summed E-state index contributed by atoms with van der Waals surface area (Å²) in [6.45, 7) is 5.92. The number of hydrogen-bond donors (Lipinski definition) is 2. The van der Waals surface area contributed by atoms with E-state index in [1.165, 1.54) is 0 Å². The Balaban J connectivity index is 0.000000671. The van der Waals surface area contributed by atoms with Gasteiger partial charge in [-0.05, 0) is 30.2 Å². The molecule has 0 aliphatic heterocycles. The number of nitrogens with zero attached hydrogens (tertiary/aromatic N) is 1. The van der Waals surface area contributed by atoms with Gasteiger partial charge in [-0.3, -0.25) is 0 Å². The van der Waals surface area contributed by atoms with Crippen molar-refractivity contribution in [3.8, 4) is 6.57 Å². The number of halogens is 1. The number of nitrogens with one attached hydrogen (secondary N) is 1. The summed E-state index contributed by atoms with van der Waals surface area (Å²) in [5.41, 5.74) is 4.24. The molecule has 0 bridgehead atoms. The Morgan fingerprint density at radius 2 is 2.15 bits per heavy atom. The van der Waals surface area contributed by atoms with Gasteiger partial charge in [0.25, 0.3) is 0 Å². The molecular formula is C9H11ClN2O. The molecule has 13 heavy (non-hydrogen) atoms. The van der Waals surface area contributed by atoms with Crippen LogP contribution in [0.3, 0.4) is 0 Å². The molecule has 0 amide bonds. The van der Waals surface area contributed by atoms with Crippen LogP contribution in [0.1, 0.15) is 11.1 Å². The third-order valence-electron chi connectivity index (χ3n) is 1.57. The van der Waals surface area contributed by atoms with Gasteiger partial charge in [-0.1, -0.05) is 17.7 Å². The second-order valence-electron chi connectivity index (χ2n) is 2.41. The standard InChI is InChI=1S/C8H10ClNO.CHN/c1-6-4-8(9)3-2-7(6)5-10-11;1-2/h2-4,10-11H,5H2,1H3;1H. The molecule has 1 aromatic rings. The van der Waals surface area contributed by atoms with Crippen LogP contribution in [0.2, 0.25) is 5.02 Å². The fourth-order valence-electron chi connectivity index (χ4n) is 0.943. The van der Waals surface area contributed by atoms with Crippen LogP contribution in [0, 0.1) is 18.8 Å². The average molecular weight is 199 g/mol. The summed E-state index contributed by atoms with van der Waals surface area (Å²) in [7, 11) is 0. The van der Waals surface area contributed by atoms with E-state index in [1.54, 1.807) is 6.07 Å². The lowest BCUT2D eigenvalue weighted by Gasteiger charge is -2.03. The van der Waals surface area contributed by atoms with Crippen molar-refractivity contribution >= 4 is 11.6 Å². The predicted octanol–water partition coefficient (Wildman–Crippen LogP) is 2.27. The number of hydrogen-bond acceptors (Lipinski definition) is 3. The van der Waals surface area contributed by atoms with Crippen LogP contribution in [0.25, 0.3) is 0 Å². The first-order chi connectivity index (χ1) is 6.24. The highest BCUT2D eigenvalue weighted by Gasteiger charge is 1.96. The maximum Gasteiger partial charge on any atom is 0.0462 e. The van der Waals surface area contributed by atoms with Gasteiger partial charge in [0.1, 0.15) is 0 Å². The molecule has 0 fully saturated rings. The summed E-state index contributed by atoms with van der Waals surface area (Å²) in [4.78, 5) is 0. The summed E-state index contributed by atoms with van der Waals surface area (Å²) in [5, 5.41) is 15.7. The minimum Gasteiger partial charge on any atom is -0.316 e. The van der Waals surface area contributed by atoms with Crippen LogP contribution in [-0.2, 0) is 6.54 Å². The second-order valence-corrected chi connectivity index (χ2v) is 2.84. The van der Waals surface area contributed by atoms with Crippen molar-refractivity contribution < 1.29 is 5.21 Å². The summed E-state index contributed by atoms with van der Waals surface area (Å²) in [5.74, 6) is 0. The van der Waals surface area contributed by atoms with Gasteiger partial charge in [-0.2, -0.15) is 0 Å². The fourth-order valence-corrected chi connectivity index (χ4v) is 1.17. The molecule has 0 spiro atoms. The van der Waals surface area contributed by atoms with E-state index in [-0.39, 0.29) is 0 Å². The third-order valence-corrected chi connectivity index (χ3v) is 1.81. The first kappa shape index (κ1) is 11.9. The lowest BCUT2D eigenvalue weighted by molar-refractivity contribution is 0.161. The van der Waals surface area contributed by atoms with Crippen LogP contribution in [0.15, 0.2) is 18.2 Å². The van der Waals surface area contributed by atoms with E-state index in [9.17, 15) is 0 Å². The first-order valence-corrected chi connectivity index (χ1v) is 3.99. The molecule has 0 saturated heterocycles. The van der Waals surface area contributed by atoms with E-state index in [0.29, 0.717) is 6.54 Å². The number of benzene rings is 1. The molecule has 0 unspecified atom stereocenters. The van der Waals surface area contributed by atoms with Crippen LogP contribution in [0.5, 0.6) is 0 Å². The maximum atomic E-state index is 8.43. The van der Waals surface area contributed by atoms with Crippen molar-refractivity contribution in [2.24, 2.45) is 0 Å². The zero-order valence-electron chi connectivity index (χ0n) is 7.29. The Labute approximate surface area is 82.5 Å². The van der Waals surface area contributed by atoms with Gasteiger partial charge < -0.3 is 5.21 Å². The van der Waals surface area contributed by atoms with Crippen LogP contribution in [-0.4, -0.2) is 5.21 Å². The van der Waals surface area contributed by atoms with E-state index in [2.05, 4.69) is 12.1 Å². The lowest BCUT2D eigenvalue weighted by atomic mass is 10.1. The molecule has 0 atom stereocenters. The number of aryl methyl sites for hydroxylation is 1. The third kappa shape index (κ3) is 3.90. The Hall–Kier alpha value is -1.08. The molecule has 0 heterocycles. The molecule has 70 valence electrons. The Morgan fingerprint density at radius 3 is 2.62 bits per heavy atom. The average Bonchev–Trinajstić information content (AvgIpc) is 2.14. The predicted molar refractivity (Wildman–Crippen MR) is 51.5 cm³/mol. The Kier molecular flexibility index (Phi) is 5.90. The topological polar surface area (TPSA) is 56.0 Å². The van der Waals surface area contributed by atoms with Crippen LogP contribution in [0.4, 0.5) is 0 Å². The minimum atomic E-state index is 0.461. The largest absolute Gasteiger partial charge is 0.316 e. The van der Waals surface area contributed by atoms with Crippen molar-refractivity contribution in [3.05, 3.63) is 34.3 Å². The van der Waals surface area contributed by atoms with Gasteiger partial charge in [-0.15, -0.1) is 0 Å². The van der Waals surface area contributed by atoms with Crippen molar-refractivity contribution in [3.63, 3.8) is 0 Å². The molecule has 1 aromatic carbocycles. The molecule has 1 rings (SSSR count). The highest BCUT2D eigenvalue weighted by atomic mass is 35.5. The van der Waals surface area contributed by atoms with Gasteiger partial charge in [0.15, 0.2) is 0 Å².